The van der Waals surface area contributed by atoms with E-state index in [9.17, 15) is 0 Å². The van der Waals surface area contributed by atoms with Crippen LogP contribution in [-0.2, 0) is 0 Å². The van der Waals surface area contributed by atoms with Crippen LogP contribution in [-0.4, -0.2) is 13.1 Å². The highest BCUT2D eigenvalue weighted by Crippen LogP contribution is 2.36. The fourth-order valence-electron chi connectivity index (χ4n) is 4.84. The first-order chi connectivity index (χ1) is 9.19. The van der Waals surface area contributed by atoms with Gasteiger partial charge in [-0.25, -0.2) is 0 Å². The van der Waals surface area contributed by atoms with Crippen molar-refractivity contribution in [3.8, 4) is 0 Å². The highest BCUT2D eigenvalue weighted by Gasteiger charge is 2.29. The minimum atomic E-state index is 0.784. The van der Waals surface area contributed by atoms with E-state index in [1.807, 2.05) is 0 Å². The Bertz CT molecular complexity index is 234. The van der Waals surface area contributed by atoms with Crippen molar-refractivity contribution in [3.63, 3.8) is 0 Å². The van der Waals surface area contributed by atoms with Crippen LogP contribution in [0.2, 0.25) is 0 Å². The summed E-state index contributed by atoms with van der Waals surface area (Å²) in [4.78, 5) is 0. The standard InChI is InChI=1S/C18H35N/c1-14-11-15(2)13-17(12-14)18(19-3)10-9-16-7-5-4-6-8-16/h14-19H,4-13H2,1-3H3. The maximum atomic E-state index is 3.65. The summed E-state index contributed by atoms with van der Waals surface area (Å²) in [5.74, 6) is 3.87. The summed E-state index contributed by atoms with van der Waals surface area (Å²) in [6, 6.07) is 0.784. The van der Waals surface area contributed by atoms with Crippen molar-refractivity contribution in [1.29, 1.82) is 0 Å². The number of nitrogens with one attached hydrogen (secondary N) is 1. The Labute approximate surface area is 120 Å². The molecule has 3 atom stereocenters. The Hall–Kier alpha value is -0.0400. The molecule has 0 radical (unpaired) electrons. The van der Waals surface area contributed by atoms with E-state index in [1.165, 1.54) is 64.2 Å². The summed E-state index contributed by atoms with van der Waals surface area (Å²) < 4.78 is 0. The molecule has 19 heavy (non-hydrogen) atoms. The van der Waals surface area contributed by atoms with Gasteiger partial charge in [0.2, 0.25) is 0 Å². The lowest BCUT2D eigenvalue weighted by Gasteiger charge is -2.37. The Morgan fingerprint density at radius 3 is 2.16 bits per heavy atom. The molecular formula is C18H35N. The number of rotatable bonds is 5. The van der Waals surface area contributed by atoms with E-state index >= 15 is 0 Å². The monoisotopic (exact) mass is 265 g/mol. The maximum absolute atomic E-state index is 3.65. The van der Waals surface area contributed by atoms with Gasteiger partial charge in [-0.1, -0.05) is 46.0 Å². The number of hydrogen-bond donors (Lipinski definition) is 1. The van der Waals surface area contributed by atoms with E-state index in [4.69, 9.17) is 0 Å². The Balaban J connectivity index is 1.78. The predicted molar refractivity (Wildman–Crippen MR) is 84.3 cm³/mol. The zero-order valence-corrected chi connectivity index (χ0v) is 13.5. The first kappa shape index (κ1) is 15.4. The van der Waals surface area contributed by atoms with Crippen molar-refractivity contribution in [2.45, 2.75) is 84.1 Å². The topological polar surface area (TPSA) is 12.0 Å². The molecule has 2 aliphatic carbocycles. The highest BCUT2D eigenvalue weighted by atomic mass is 14.9. The predicted octanol–water partition coefficient (Wildman–Crippen LogP) is 5.01. The number of hydrogen-bond acceptors (Lipinski definition) is 1. The van der Waals surface area contributed by atoms with Crippen molar-refractivity contribution in [1.82, 2.24) is 5.32 Å². The molecule has 0 heterocycles. The Morgan fingerprint density at radius 2 is 1.58 bits per heavy atom. The van der Waals surface area contributed by atoms with E-state index in [-0.39, 0.29) is 0 Å². The zero-order chi connectivity index (χ0) is 13.7. The molecule has 0 aromatic carbocycles. The van der Waals surface area contributed by atoms with Gasteiger partial charge in [-0.3, -0.25) is 0 Å². The SMILES string of the molecule is CNC(CCC1CCCCC1)C1CC(C)CC(C)C1. The average Bonchev–Trinajstić information content (AvgIpc) is 2.39. The van der Waals surface area contributed by atoms with Crippen LogP contribution in [0.4, 0.5) is 0 Å². The molecule has 0 amide bonds. The van der Waals surface area contributed by atoms with Crippen molar-refractivity contribution >= 4 is 0 Å². The van der Waals surface area contributed by atoms with Gasteiger partial charge in [0.15, 0.2) is 0 Å². The molecule has 2 saturated carbocycles. The summed E-state index contributed by atoms with van der Waals surface area (Å²) >= 11 is 0. The molecule has 1 N–H and O–H groups in total. The van der Waals surface area contributed by atoms with Gasteiger partial charge in [0, 0.05) is 6.04 Å². The van der Waals surface area contributed by atoms with Gasteiger partial charge in [-0.2, -0.15) is 0 Å². The molecule has 0 saturated heterocycles. The van der Waals surface area contributed by atoms with Crippen LogP contribution in [0.15, 0.2) is 0 Å². The molecule has 0 spiro atoms. The molecule has 112 valence electrons. The molecule has 0 bridgehead atoms. The van der Waals surface area contributed by atoms with Crippen LogP contribution in [0.3, 0.4) is 0 Å². The molecule has 0 aromatic heterocycles. The summed E-state index contributed by atoms with van der Waals surface area (Å²) in [5, 5.41) is 3.65. The Morgan fingerprint density at radius 1 is 0.947 bits per heavy atom. The van der Waals surface area contributed by atoms with Crippen molar-refractivity contribution < 1.29 is 0 Å². The van der Waals surface area contributed by atoms with Gasteiger partial charge >= 0.3 is 0 Å². The van der Waals surface area contributed by atoms with Crippen LogP contribution in [0.1, 0.15) is 78.1 Å². The maximum Gasteiger partial charge on any atom is 0.00926 e. The van der Waals surface area contributed by atoms with Crippen LogP contribution in [0.25, 0.3) is 0 Å². The molecule has 3 unspecified atom stereocenters. The van der Waals surface area contributed by atoms with E-state index in [1.54, 1.807) is 0 Å². The van der Waals surface area contributed by atoms with Crippen LogP contribution >= 0.6 is 0 Å². The van der Waals surface area contributed by atoms with Gasteiger partial charge in [-0.05, 0) is 62.8 Å². The van der Waals surface area contributed by atoms with Gasteiger partial charge in [0.1, 0.15) is 0 Å². The molecule has 1 heteroatoms. The first-order valence-corrected chi connectivity index (χ1v) is 8.86. The van der Waals surface area contributed by atoms with Crippen molar-refractivity contribution in [3.05, 3.63) is 0 Å². The lowest BCUT2D eigenvalue weighted by Crippen LogP contribution is -2.38. The van der Waals surface area contributed by atoms with Crippen LogP contribution in [0, 0.1) is 23.7 Å². The normalized spacial score (nSPS) is 35.2. The molecule has 2 rings (SSSR count). The van der Waals surface area contributed by atoms with E-state index in [0.29, 0.717) is 0 Å². The second-order valence-corrected chi connectivity index (χ2v) is 7.65. The molecular weight excluding hydrogens is 230 g/mol. The average molecular weight is 265 g/mol. The lowest BCUT2D eigenvalue weighted by atomic mass is 9.72. The fourth-order valence-corrected chi connectivity index (χ4v) is 4.84. The van der Waals surface area contributed by atoms with Gasteiger partial charge in [0.25, 0.3) is 0 Å². The van der Waals surface area contributed by atoms with E-state index in [2.05, 4.69) is 26.2 Å². The molecule has 0 aliphatic heterocycles. The second kappa shape index (κ2) is 7.67. The van der Waals surface area contributed by atoms with Crippen LogP contribution < -0.4 is 5.32 Å². The van der Waals surface area contributed by atoms with Gasteiger partial charge in [0.05, 0.1) is 0 Å². The first-order valence-electron chi connectivity index (χ1n) is 8.86. The lowest BCUT2D eigenvalue weighted by molar-refractivity contribution is 0.167. The van der Waals surface area contributed by atoms with E-state index < -0.39 is 0 Å². The minimum Gasteiger partial charge on any atom is -0.317 e. The molecule has 0 aromatic rings. The second-order valence-electron chi connectivity index (χ2n) is 7.65. The summed E-state index contributed by atoms with van der Waals surface area (Å²) in [6.45, 7) is 4.91. The third-order valence-electron chi connectivity index (χ3n) is 5.77. The van der Waals surface area contributed by atoms with Crippen molar-refractivity contribution in [2.24, 2.45) is 23.7 Å². The van der Waals surface area contributed by atoms with E-state index in [0.717, 1.165) is 29.7 Å². The van der Waals surface area contributed by atoms with Gasteiger partial charge in [-0.15, -0.1) is 0 Å². The third-order valence-corrected chi connectivity index (χ3v) is 5.77. The minimum absolute atomic E-state index is 0.784. The summed E-state index contributed by atoms with van der Waals surface area (Å²) in [5.41, 5.74) is 0. The van der Waals surface area contributed by atoms with Crippen molar-refractivity contribution in [2.75, 3.05) is 7.05 Å². The smallest absolute Gasteiger partial charge is 0.00926 e. The molecule has 2 fully saturated rings. The van der Waals surface area contributed by atoms with Crippen LogP contribution in [0.5, 0.6) is 0 Å². The van der Waals surface area contributed by atoms with Gasteiger partial charge < -0.3 is 5.32 Å². The Kier molecular flexibility index (Phi) is 6.19. The largest absolute Gasteiger partial charge is 0.317 e. The fraction of sp³-hybridized carbons (Fsp3) is 1.00. The summed E-state index contributed by atoms with van der Waals surface area (Å²) in [6.07, 6.45) is 14.8. The molecule has 1 nitrogen and oxygen atoms in total. The third kappa shape index (κ3) is 4.77. The summed E-state index contributed by atoms with van der Waals surface area (Å²) in [7, 11) is 2.19. The zero-order valence-electron chi connectivity index (χ0n) is 13.5. The highest BCUT2D eigenvalue weighted by molar-refractivity contribution is 4.84. The quantitative estimate of drug-likeness (QED) is 0.737. The molecule has 2 aliphatic rings.